The van der Waals surface area contributed by atoms with Gasteiger partial charge in [0.15, 0.2) is 0 Å². The second-order valence-corrected chi connectivity index (χ2v) is 3.57. The molecule has 0 N–H and O–H groups in total. The van der Waals surface area contributed by atoms with Crippen LogP contribution in [0, 0.1) is 21.4 Å². The van der Waals surface area contributed by atoms with Crippen LogP contribution in [0.1, 0.15) is 5.56 Å². The van der Waals surface area contributed by atoms with Crippen molar-refractivity contribution in [3.63, 3.8) is 0 Å². The predicted octanol–water partition coefficient (Wildman–Crippen LogP) is 2.43. The molecule has 0 aliphatic heterocycles. The molecule has 15 heavy (non-hydrogen) atoms. The van der Waals surface area contributed by atoms with Gasteiger partial charge < -0.3 is 4.74 Å². The molecule has 1 aromatic carbocycles. The third-order valence-electron chi connectivity index (χ3n) is 1.79. The highest BCUT2D eigenvalue weighted by Crippen LogP contribution is 2.33. The summed E-state index contributed by atoms with van der Waals surface area (Å²) < 4.78 is 5.52. The number of methoxy groups -OCH3 is 1. The summed E-state index contributed by atoms with van der Waals surface area (Å²) in [6.07, 6.45) is 0.0729. The number of nitriles is 1. The number of non-ortho nitro benzene ring substituents is 1. The molecule has 0 saturated heterocycles. The molecule has 0 radical (unpaired) electrons. The number of halogens is 1. The number of rotatable bonds is 3. The summed E-state index contributed by atoms with van der Waals surface area (Å²) in [5.41, 5.74) is 0.439. The molecule has 0 bridgehead atoms. The minimum atomic E-state index is -0.509. The number of hydrogen-bond donors (Lipinski definition) is 0. The Morgan fingerprint density at radius 3 is 2.80 bits per heavy atom. The van der Waals surface area contributed by atoms with Gasteiger partial charge in [-0.3, -0.25) is 10.1 Å². The molecule has 0 fully saturated rings. The summed E-state index contributed by atoms with van der Waals surface area (Å²) in [4.78, 5) is 10.1. The molecular weight excluding hydrogens is 264 g/mol. The first-order valence-electron chi connectivity index (χ1n) is 3.98. The summed E-state index contributed by atoms with van der Waals surface area (Å²) in [5, 5.41) is 19.1. The second kappa shape index (κ2) is 4.75. The van der Waals surface area contributed by atoms with Gasteiger partial charge in [0.05, 0.1) is 29.0 Å². The fraction of sp³-hybridized carbons (Fsp3) is 0.222. The molecule has 0 unspecified atom stereocenters. The van der Waals surface area contributed by atoms with Gasteiger partial charge in [0.25, 0.3) is 5.69 Å². The third kappa shape index (κ3) is 2.44. The van der Waals surface area contributed by atoms with Crippen molar-refractivity contribution in [2.24, 2.45) is 0 Å². The van der Waals surface area contributed by atoms with Crippen LogP contribution in [0.15, 0.2) is 16.6 Å². The lowest BCUT2D eigenvalue weighted by atomic mass is 10.1. The van der Waals surface area contributed by atoms with E-state index < -0.39 is 4.92 Å². The third-order valence-corrected chi connectivity index (χ3v) is 2.38. The largest absolute Gasteiger partial charge is 0.495 e. The standard InChI is InChI=1S/C9H7BrN2O3/c1-15-9-6(2-3-11)4-7(12(13)14)5-8(9)10/h4-5H,2H2,1H3. The first-order chi connectivity index (χ1) is 7.10. The van der Waals surface area contributed by atoms with Gasteiger partial charge in [-0.05, 0) is 15.9 Å². The van der Waals surface area contributed by atoms with E-state index in [0.717, 1.165) is 0 Å². The van der Waals surface area contributed by atoms with Crippen LogP contribution < -0.4 is 4.74 Å². The molecule has 0 saturated carbocycles. The van der Waals surface area contributed by atoms with Crippen molar-refractivity contribution in [3.05, 3.63) is 32.3 Å². The first-order valence-corrected chi connectivity index (χ1v) is 4.77. The van der Waals surface area contributed by atoms with Crippen molar-refractivity contribution in [1.29, 1.82) is 5.26 Å². The number of nitro benzene ring substituents is 1. The van der Waals surface area contributed by atoms with Crippen molar-refractivity contribution in [3.8, 4) is 11.8 Å². The molecule has 0 aromatic heterocycles. The van der Waals surface area contributed by atoms with Crippen LogP contribution in [0.5, 0.6) is 5.75 Å². The lowest BCUT2D eigenvalue weighted by Crippen LogP contribution is -1.96. The van der Waals surface area contributed by atoms with Crippen LogP contribution in [0.3, 0.4) is 0 Å². The molecule has 5 nitrogen and oxygen atoms in total. The Kier molecular flexibility index (Phi) is 3.63. The summed E-state index contributed by atoms with van der Waals surface area (Å²) in [6, 6.07) is 4.62. The van der Waals surface area contributed by atoms with E-state index in [9.17, 15) is 10.1 Å². The average molecular weight is 271 g/mol. The maximum absolute atomic E-state index is 10.6. The van der Waals surface area contributed by atoms with E-state index in [-0.39, 0.29) is 12.1 Å². The molecule has 1 aromatic rings. The highest BCUT2D eigenvalue weighted by molar-refractivity contribution is 9.10. The molecular formula is C9H7BrN2O3. The number of nitrogens with zero attached hydrogens (tertiary/aromatic N) is 2. The van der Waals surface area contributed by atoms with Gasteiger partial charge in [-0.25, -0.2) is 0 Å². The monoisotopic (exact) mass is 270 g/mol. The van der Waals surface area contributed by atoms with Crippen molar-refractivity contribution in [1.82, 2.24) is 0 Å². The summed E-state index contributed by atoms with van der Waals surface area (Å²) in [7, 11) is 1.45. The van der Waals surface area contributed by atoms with Gasteiger partial charge in [0.2, 0.25) is 0 Å². The Balaban J connectivity index is 3.33. The van der Waals surface area contributed by atoms with Crippen LogP contribution in [-0.2, 0) is 6.42 Å². The number of benzene rings is 1. The van der Waals surface area contributed by atoms with E-state index in [0.29, 0.717) is 15.8 Å². The zero-order valence-corrected chi connectivity index (χ0v) is 9.44. The van der Waals surface area contributed by atoms with Crippen molar-refractivity contribution in [2.75, 3.05) is 7.11 Å². The lowest BCUT2D eigenvalue weighted by Gasteiger charge is -2.07. The van der Waals surface area contributed by atoms with E-state index >= 15 is 0 Å². The maximum atomic E-state index is 10.6. The summed E-state index contributed by atoms with van der Waals surface area (Å²) in [5.74, 6) is 0.460. The fourth-order valence-corrected chi connectivity index (χ4v) is 1.84. The Morgan fingerprint density at radius 2 is 2.33 bits per heavy atom. The van der Waals surface area contributed by atoms with E-state index in [1.54, 1.807) is 0 Å². The second-order valence-electron chi connectivity index (χ2n) is 2.71. The summed E-state index contributed by atoms with van der Waals surface area (Å²) >= 11 is 3.16. The first kappa shape index (κ1) is 11.5. The van der Waals surface area contributed by atoms with E-state index in [1.807, 2.05) is 6.07 Å². The number of ether oxygens (including phenoxy) is 1. The molecule has 0 aliphatic carbocycles. The van der Waals surface area contributed by atoms with Crippen LogP contribution >= 0.6 is 15.9 Å². The zero-order chi connectivity index (χ0) is 11.4. The van der Waals surface area contributed by atoms with Gasteiger partial charge in [0.1, 0.15) is 5.75 Å². The molecule has 6 heteroatoms. The van der Waals surface area contributed by atoms with Crippen LogP contribution in [0.4, 0.5) is 5.69 Å². The fourth-order valence-electron chi connectivity index (χ4n) is 1.18. The highest BCUT2D eigenvalue weighted by Gasteiger charge is 2.15. The zero-order valence-electron chi connectivity index (χ0n) is 7.86. The van der Waals surface area contributed by atoms with Crippen molar-refractivity contribution >= 4 is 21.6 Å². The van der Waals surface area contributed by atoms with Gasteiger partial charge in [-0.1, -0.05) is 0 Å². The normalized spacial score (nSPS) is 9.40. The molecule has 0 atom stereocenters. The maximum Gasteiger partial charge on any atom is 0.271 e. The number of hydrogen-bond acceptors (Lipinski definition) is 4. The minimum absolute atomic E-state index is 0.0621. The smallest absolute Gasteiger partial charge is 0.271 e. The molecule has 78 valence electrons. The van der Waals surface area contributed by atoms with Gasteiger partial charge in [-0.2, -0.15) is 5.26 Å². The molecule has 0 aliphatic rings. The van der Waals surface area contributed by atoms with Gasteiger partial charge >= 0.3 is 0 Å². The predicted molar refractivity (Wildman–Crippen MR) is 56.7 cm³/mol. The van der Waals surface area contributed by atoms with Crippen LogP contribution in [0.2, 0.25) is 0 Å². The Labute approximate surface area is 94.6 Å². The SMILES string of the molecule is COc1c(Br)cc([N+](=O)[O-])cc1CC#N. The topological polar surface area (TPSA) is 76.2 Å². The quantitative estimate of drug-likeness (QED) is 0.624. The number of nitro groups is 1. The van der Waals surface area contributed by atoms with Crippen LogP contribution in [0.25, 0.3) is 0 Å². The molecule has 0 heterocycles. The van der Waals surface area contributed by atoms with Crippen molar-refractivity contribution < 1.29 is 9.66 Å². The minimum Gasteiger partial charge on any atom is -0.495 e. The van der Waals surface area contributed by atoms with Gasteiger partial charge in [-0.15, -0.1) is 0 Å². The summed E-state index contributed by atoms with van der Waals surface area (Å²) in [6.45, 7) is 0. The van der Waals surface area contributed by atoms with E-state index in [4.69, 9.17) is 10.00 Å². The molecule has 0 amide bonds. The Hall–Kier alpha value is -1.61. The average Bonchev–Trinajstić information content (AvgIpc) is 2.17. The van der Waals surface area contributed by atoms with Crippen molar-refractivity contribution in [2.45, 2.75) is 6.42 Å². The van der Waals surface area contributed by atoms with Gasteiger partial charge in [0, 0.05) is 17.7 Å². The van der Waals surface area contributed by atoms with Crippen LogP contribution in [-0.4, -0.2) is 12.0 Å². The Morgan fingerprint density at radius 1 is 1.67 bits per heavy atom. The Bertz CT molecular complexity index is 440. The molecule has 0 spiro atoms. The van der Waals surface area contributed by atoms with E-state index in [2.05, 4.69) is 15.9 Å². The van der Waals surface area contributed by atoms with E-state index in [1.165, 1.54) is 19.2 Å². The highest BCUT2D eigenvalue weighted by atomic mass is 79.9. The molecule has 1 rings (SSSR count). The lowest BCUT2D eigenvalue weighted by molar-refractivity contribution is -0.385.